The van der Waals surface area contributed by atoms with Gasteiger partial charge in [-0.1, -0.05) is 60.7 Å². The topological polar surface area (TPSA) is 29.5 Å². The minimum absolute atomic E-state index is 0.208. The third-order valence-electron chi connectivity index (χ3n) is 2.84. The molecule has 2 aromatic rings. The molecule has 3 nitrogen and oxygen atoms in total. The molecule has 1 amide bonds. The predicted octanol–water partition coefficient (Wildman–Crippen LogP) is 3.42. The third kappa shape index (κ3) is 3.85. The van der Waals surface area contributed by atoms with E-state index in [4.69, 9.17) is 0 Å². The lowest BCUT2D eigenvalue weighted by molar-refractivity contribution is 0.163. The van der Waals surface area contributed by atoms with E-state index in [1.54, 1.807) is 11.9 Å². The number of hydrogen-bond donors (Lipinski definition) is 0. The van der Waals surface area contributed by atoms with Crippen LogP contribution in [0.5, 0.6) is 0 Å². The molecule has 98 valence electrons. The number of hydrogen-bond acceptors (Lipinski definition) is 2. The number of amides is 1. The molecule has 0 unspecified atom stereocenters. The van der Waals surface area contributed by atoms with E-state index < -0.39 is 0 Å². The molecule has 0 aliphatic carbocycles. The van der Waals surface area contributed by atoms with Crippen LogP contribution >= 0.6 is 0 Å². The van der Waals surface area contributed by atoms with Gasteiger partial charge >= 0.3 is 6.09 Å². The van der Waals surface area contributed by atoms with Gasteiger partial charge in [-0.3, -0.25) is 0 Å². The molecule has 3 heteroatoms. The summed E-state index contributed by atoms with van der Waals surface area (Å²) in [5, 5.41) is 0. The number of nitrogens with zero attached hydrogens (tertiary/aromatic N) is 1. The van der Waals surface area contributed by atoms with Crippen LogP contribution in [0.3, 0.4) is 0 Å². The molecule has 0 N–H and O–H groups in total. The van der Waals surface area contributed by atoms with Crippen LogP contribution in [-0.4, -0.2) is 31.2 Å². The number of carbonyl (C=O) groups excluding carboxylic acids is 1. The largest absolute Gasteiger partial charge is 0.448 e. The van der Waals surface area contributed by atoms with Crippen molar-refractivity contribution in [3.63, 3.8) is 0 Å². The summed E-state index contributed by atoms with van der Waals surface area (Å²) in [5.74, 6) is 0. The Hall–Kier alpha value is -2.29. The molecule has 1 aliphatic rings. The number of benzene rings is 2. The summed E-state index contributed by atoms with van der Waals surface area (Å²) in [4.78, 5) is 11.8. The smallest absolute Gasteiger partial charge is 0.409 e. The van der Waals surface area contributed by atoms with Gasteiger partial charge in [0.1, 0.15) is 6.61 Å². The Morgan fingerprint density at radius 1 is 0.895 bits per heavy atom. The normalized spacial score (nSPS) is 13.5. The summed E-state index contributed by atoms with van der Waals surface area (Å²) in [5.41, 5.74) is 2.55. The Balaban J connectivity index is 0.000000163. The number of cyclic esters (lactones) is 1. The van der Waals surface area contributed by atoms with Gasteiger partial charge in [0, 0.05) is 7.05 Å². The molecule has 3 rings (SSSR count). The van der Waals surface area contributed by atoms with Crippen molar-refractivity contribution in [2.24, 2.45) is 0 Å². The fourth-order valence-electron chi connectivity index (χ4n) is 1.73. The molecule has 0 saturated carbocycles. The molecule has 1 fully saturated rings. The lowest BCUT2D eigenvalue weighted by Crippen LogP contribution is -2.17. The third-order valence-corrected chi connectivity index (χ3v) is 2.84. The second-order valence-corrected chi connectivity index (χ2v) is 4.27. The summed E-state index contributed by atoms with van der Waals surface area (Å²) >= 11 is 0. The van der Waals surface area contributed by atoms with Crippen molar-refractivity contribution in [2.75, 3.05) is 20.2 Å². The van der Waals surface area contributed by atoms with E-state index in [1.807, 2.05) is 12.1 Å². The van der Waals surface area contributed by atoms with Gasteiger partial charge in [-0.15, -0.1) is 0 Å². The quantitative estimate of drug-likeness (QED) is 0.781. The van der Waals surface area contributed by atoms with E-state index in [-0.39, 0.29) is 6.09 Å². The van der Waals surface area contributed by atoms with Gasteiger partial charge in [0.05, 0.1) is 6.54 Å². The lowest BCUT2D eigenvalue weighted by atomic mass is 10.1. The maximum Gasteiger partial charge on any atom is 0.409 e. The van der Waals surface area contributed by atoms with E-state index in [1.165, 1.54) is 11.1 Å². The molecular formula is C16H17NO2. The van der Waals surface area contributed by atoms with Crippen molar-refractivity contribution < 1.29 is 9.53 Å². The molecule has 0 bridgehead atoms. The zero-order valence-electron chi connectivity index (χ0n) is 11.0. The van der Waals surface area contributed by atoms with Crippen LogP contribution in [0.2, 0.25) is 0 Å². The van der Waals surface area contributed by atoms with Gasteiger partial charge in [0.25, 0.3) is 0 Å². The van der Waals surface area contributed by atoms with Gasteiger partial charge in [-0.2, -0.15) is 0 Å². The van der Waals surface area contributed by atoms with Gasteiger partial charge in [-0.05, 0) is 11.1 Å². The van der Waals surface area contributed by atoms with E-state index in [0.29, 0.717) is 6.61 Å². The summed E-state index contributed by atoms with van der Waals surface area (Å²) in [7, 11) is 1.72. The first-order valence-corrected chi connectivity index (χ1v) is 6.26. The minimum atomic E-state index is -0.208. The predicted molar refractivity (Wildman–Crippen MR) is 75.9 cm³/mol. The average Bonchev–Trinajstić information content (AvgIpc) is 2.85. The molecule has 2 aromatic carbocycles. The first-order chi connectivity index (χ1) is 9.27. The van der Waals surface area contributed by atoms with Crippen LogP contribution in [0.25, 0.3) is 11.1 Å². The molecule has 1 heterocycles. The second kappa shape index (κ2) is 6.59. The highest BCUT2D eigenvalue weighted by molar-refractivity contribution is 5.68. The zero-order valence-corrected chi connectivity index (χ0v) is 11.0. The number of ether oxygens (including phenoxy) is 1. The molecule has 0 atom stereocenters. The van der Waals surface area contributed by atoms with Crippen LogP contribution in [0.4, 0.5) is 4.79 Å². The van der Waals surface area contributed by atoms with Crippen molar-refractivity contribution in [2.45, 2.75) is 0 Å². The van der Waals surface area contributed by atoms with Crippen LogP contribution in [0.1, 0.15) is 0 Å². The maximum atomic E-state index is 10.3. The van der Waals surface area contributed by atoms with Crippen molar-refractivity contribution in [3.8, 4) is 11.1 Å². The summed E-state index contributed by atoms with van der Waals surface area (Å²) in [6.07, 6.45) is -0.208. The van der Waals surface area contributed by atoms with Gasteiger partial charge in [0.2, 0.25) is 0 Å². The van der Waals surface area contributed by atoms with E-state index >= 15 is 0 Å². The lowest BCUT2D eigenvalue weighted by Gasteiger charge is -1.98. The van der Waals surface area contributed by atoms with Crippen LogP contribution in [-0.2, 0) is 4.74 Å². The Morgan fingerprint density at radius 3 is 1.63 bits per heavy atom. The zero-order chi connectivity index (χ0) is 13.5. The highest BCUT2D eigenvalue weighted by Gasteiger charge is 2.15. The SMILES string of the molecule is CN1CCOC1=O.c1ccc(-c2ccccc2)cc1. The van der Waals surface area contributed by atoms with Gasteiger partial charge in [-0.25, -0.2) is 4.79 Å². The highest BCUT2D eigenvalue weighted by atomic mass is 16.6. The van der Waals surface area contributed by atoms with Gasteiger partial charge in [0.15, 0.2) is 0 Å². The maximum absolute atomic E-state index is 10.3. The van der Waals surface area contributed by atoms with Gasteiger partial charge < -0.3 is 9.64 Å². The van der Waals surface area contributed by atoms with Crippen molar-refractivity contribution in [1.29, 1.82) is 0 Å². The van der Waals surface area contributed by atoms with Crippen LogP contribution in [0.15, 0.2) is 60.7 Å². The monoisotopic (exact) mass is 255 g/mol. The molecule has 1 aliphatic heterocycles. The molecule has 0 radical (unpaired) electrons. The Labute approximate surface area is 113 Å². The van der Waals surface area contributed by atoms with E-state index in [2.05, 4.69) is 53.3 Å². The summed E-state index contributed by atoms with van der Waals surface area (Å²) in [6.45, 7) is 1.29. The molecule has 0 aromatic heterocycles. The molecular weight excluding hydrogens is 238 g/mol. The first kappa shape index (κ1) is 13.1. The average molecular weight is 255 g/mol. The molecule has 1 saturated heterocycles. The fraction of sp³-hybridized carbons (Fsp3) is 0.188. The number of carbonyl (C=O) groups is 1. The van der Waals surface area contributed by atoms with Crippen molar-refractivity contribution >= 4 is 6.09 Å². The minimum Gasteiger partial charge on any atom is -0.448 e. The second-order valence-electron chi connectivity index (χ2n) is 4.27. The first-order valence-electron chi connectivity index (χ1n) is 6.26. The molecule has 19 heavy (non-hydrogen) atoms. The fourth-order valence-corrected chi connectivity index (χ4v) is 1.73. The molecule has 0 spiro atoms. The number of rotatable bonds is 1. The Kier molecular flexibility index (Phi) is 4.56. The van der Waals surface area contributed by atoms with Crippen LogP contribution in [0, 0.1) is 0 Å². The summed E-state index contributed by atoms with van der Waals surface area (Å²) < 4.78 is 4.55. The Bertz CT molecular complexity index is 473. The number of likely N-dealkylation sites (N-methyl/N-ethyl adjacent to an activating group) is 1. The summed E-state index contributed by atoms with van der Waals surface area (Å²) in [6, 6.07) is 20.8. The highest BCUT2D eigenvalue weighted by Crippen LogP contribution is 2.17. The Morgan fingerprint density at radius 2 is 1.37 bits per heavy atom. The van der Waals surface area contributed by atoms with Crippen LogP contribution < -0.4 is 0 Å². The standard InChI is InChI=1S/C12H10.C4H7NO2/c1-3-7-11(8-4-1)12-9-5-2-6-10-12;1-5-2-3-7-4(5)6/h1-10H;2-3H2,1H3. The van der Waals surface area contributed by atoms with E-state index in [0.717, 1.165) is 6.54 Å². The van der Waals surface area contributed by atoms with Crippen molar-refractivity contribution in [1.82, 2.24) is 4.90 Å². The van der Waals surface area contributed by atoms with Crippen molar-refractivity contribution in [3.05, 3.63) is 60.7 Å². The van der Waals surface area contributed by atoms with E-state index in [9.17, 15) is 4.79 Å².